The van der Waals surface area contributed by atoms with Crippen molar-refractivity contribution in [3.05, 3.63) is 54.1 Å². The molecule has 0 amide bonds. The minimum atomic E-state index is -3.14. The SMILES string of the molecule is CS(=O)(=O)c1ccc(Nc2ccc(CN)cc2)cc1. The first-order valence-corrected chi connectivity index (χ1v) is 7.74. The lowest BCUT2D eigenvalue weighted by Crippen LogP contribution is -1.98. The van der Waals surface area contributed by atoms with Gasteiger partial charge in [-0.2, -0.15) is 0 Å². The average molecular weight is 276 g/mol. The maximum absolute atomic E-state index is 11.3. The second-order valence-corrected chi connectivity index (χ2v) is 6.34. The van der Waals surface area contributed by atoms with E-state index in [-0.39, 0.29) is 0 Å². The highest BCUT2D eigenvalue weighted by molar-refractivity contribution is 7.90. The first-order valence-electron chi connectivity index (χ1n) is 5.85. The lowest BCUT2D eigenvalue weighted by molar-refractivity contribution is 0.602. The second-order valence-electron chi connectivity index (χ2n) is 4.32. The summed E-state index contributed by atoms with van der Waals surface area (Å²) in [5, 5.41) is 3.20. The molecular formula is C14H16N2O2S. The van der Waals surface area contributed by atoms with Crippen LogP contribution in [0.25, 0.3) is 0 Å². The standard InChI is InChI=1S/C14H16N2O2S/c1-19(17,18)14-8-6-13(7-9-14)16-12-4-2-11(10-15)3-5-12/h2-9,16H,10,15H2,1H3. The predicted molar refractivity (Wildman–Crippen MR) is 77.2 cm³/mol. The highest BCUT2D eigenvalue weighted by Crippen LogP contribution is 2.19. The number of nitrogens with one attached hydrogen (secondary N) is 1. The van der Waals surface area contributed by atoms with Crippen LogP contribution >= 0.6 is 0 Å². The van der Waals surface area contributed by atoms with Crippen LogP contribution in [0.15, 0.2) is 53.4 Å². The molecule has 0 heterocycles. The van der Waals surface area contributed by atoms with Crippen LogP contribution in [-0.2, 0) is 16.4 Å². The summed E-state index contributed by atoms with van der Waals surface area (Å²) in [6, 6.07) is 14.4. The molecule has 2 aromatic carbocycles. The number of sulfone groups is 1. The fourth-order valence-corrected chi connectivity index (χ4v) is 2.31. The number of nitrogens with two attached hydrogens (primary N) is 1. The Morgan fingerprint density at radius 1 is 0.947 bits per heavy atom. The molecule has 2 rings (SSSR count). The maximum Gasteiger partial charge on any atom is 0.175 e. The molecule has 0 saturated carbocycles. The van der Waals surface area contributed by atoms with Crippen LogP contribution in [0.5, 0.6) is 0 Å². The molecule has 5 heteroatoms. The van der Waals surface area contributed by atoms with Crippen molar-refractivity contribution in [2.45, 2.75) is 11.4 Å². The van der Waals surface area contributed by atoms with Gasteiger partial charge in [-0.05, 0) is 42.0 Å². The molecule has 2 aromatic rings. The van der Waals surface area contributed by atoms with Crippen molar-refractivity contribution < 1.29 is 8.42 Å². The fourth-order valence-electron chi connectivity index (χ4n) is 1.68. The van der Waals surface area contributed by atoms with Crippen molar-refractivity contribution in [1.29, 1.82) is 0 Å². The van der Waals surface area contributed by atoms with E-state index in [0.29, 0.717) is 11.4 Å². The Labute approximate surface area is 113 Å². The monoisotopic (exact) mass is 276 g/mol. The summed E-state index contributed by atoms with van der Waals surface area (Å²) in [7, 11) is -3.14. The van der Waals surface area contributed by atoms with Gasteiger partial charge in [0.05, 0.1) is 4.90 Å². The van der Waals surface area contributed by atoms with Gasteiger partial charge in [-0.15, -0.1) is 0 Å². The molecular weight excluding hydrogens is 260 g/mol. The largest absolute Gasteiger partial charge is 0.356 e. The van der Waals surface area contributed by atoms with Gasteiger partial charge < -0.3 is 11.1 Å². The van der Waals surface area contributed by atoms with E-state index < -0.39 is 9.84 Å². The third kappa shape index (κ3) is 3.56. The van der Waals surface area contributed by atoms with Gasteiger partial charge >= 0.3 is 0 Å². The van der Waals surface area contributed by atoms with E-state index in [1.54, 1.807) is 24.3 Å². The molecule has 3 N–H and O–H groups in total. The van der Waals surface area contributed by atoms with Crippen LogP contribution < -0.4 is 11.1 Å². The van der Waals surface area contributed by atoms with Gasteiger partial charge in [0, 0.05) is 24.2 Å². The first-order chi connectivity index (χ1) is 8.99. The molecule has 0 spiro atoms. The van der Waals surface area contributed by atoms with Crippen molar-refractivity contribution in [2.75, 3.05) is 11.6 Å². The van der Waals surface area contributed by atoms with E-state index in [1.807, 2.05) is 24.3 Å². The van der Waals surface area contributed by atoms with Crippen LogP contribution in [0.2, 0.25) is 0 Å². The third-order valence-corrected chi connectivity index (χ3v) is 3.89. The molecule has 0 unspecified atom stereocenters. The fraction of sp³-hybridized carbons (Fsp3) is 0.143. The van der Waals surface area contributed by atoms with Gasteiger partial charge in [0.15, 0.2) is 9.84 Å². The van der Waals surface area contributed by atoms with E-state index in [9.17, 15) is 8.42 Å². The van der Waals surface area contributed by atoms with Crippen molar-refractivity contribution in [1.82, 2.24) is 0 Å². The molecule has 0 aliphatic rings. The van der Waals surface area contributed by atoms with Gasteiger partial charge in [-0.1, -0.05) is 12.1 Å². The van der Waals surface area contributed by atoms with Crippen molar-refractivity contribution in [3.8, 4) is 0 Å². The predicted octanol–water partition coefficient (Wildman–Crippen LogP) is 2.29. The third-order valence-electron chi connectivity index (χ3n) is 2.76. The van der Waals surface area contributed by atoms with Gasteiger partial charge in [0.1, 0.15) is 0 Å². The molecule has 19 heavy (non-hydrogen) atoms. The summed E-state index contributed by atoms with van der Waals surface area (Å²) in [5.74, 6) is 0. The first kappa shape index (κ1) is 13.6. The zero-order chi connectivity index (χ0) is 13.9. The van der Waals surface area contributed by atoms with E-state index in [4.69, 9.17) is 5.73 Å². The maximum atomic E-state index is 11.3. The number of hydrogen-bond donors (Lipinski definition) is 2. The quantitative estimate of drug-likeness (QED) is 0.898. The highest BCUT2D eigenvalue weighted by atomic mass is 32.2. The molecule has 0 atom stereocenters. The summed E-state index contributed by atoms with van der Waals surface area (Å²) in [4.78, 5) is 0.316. The molecule has 0 aliphatic carbocycles. The minimum absolute atomic E-state index is 0.316. The van der Waals surface area contributed by atoms with E-state index in [0.717, 1.165) is 16.9 Å². The molecule has 0 radical (unpaired) electrons. The van der Waals surface area contributed by atoms with Crippen molar-refractivity contribution in [2.24, 2.45) is 5.73 Å². The van der Waals surface area contributed by atoms with Crippen LogP contribution in [0.4, 0.5) is 11.4 Å². The van der Waals surface area contributed by atoms with Crippen molar-refractivity contribution >= 4 is 21.2 Å². The van der Waals surface area contributed by atoms with Gasteiger partial charge in [0.25, 0.3) is 0 Å². The Bertz CT molecular complexity index is 647. The van der Waals surface area contributed by atoms with Gasteiger partial charge in [-0.25, -0.2) is 8.42 Å². The van der Waals surface area contributed by atoms with E-state index in [2.05, 4.69) is 5.32 Å². The van der Waals surface area contributed by atoms with Crippen LogP contribution in [0, 0.1) is 0 Å². The average Bonchev–Trinajstić information content (AvgIpc) is 2.39. The minimum Gasteiger partial charge on any atom is -0.356 e. The van der Waals surface area contributed by atoms with Crippen LogP contribution in [0.3, 0.4) is 0 Å². The highest BCUT2D eigenvalue weighted by Gasteiger charge is 2.05. The smallest absolute Gasteiger partial charge is 0.175 e. The topological polar surface area (TPSA) is 72.2 Å². The van der Waals surface area contributed by atoms with Gasteiger partial charge in [-0.3, -0.25) is 0 Å². The Hall–Kier alpha value is -1.85. The second kappa shape index (κ2) is 5.42. The summed E-state index contributed by atoms with van der Waals surface area (Å²) in [5.41, 5.74) is 8.38. The van der Waals surface area contributed by atoms with E-state index >= 15 is 0 Å². The summed E-state index contributed by atoms with van der Waals surface area (Å²) < 4.78 is 22.7. The zero-order valence-corrected chi connectivity index (χ0v) is 11.4. The Balaban J connectivity index is 2.15. The summed E-state index contributed by atoms with van der Waals surface area (Å²) in [6.45, 7) is 0.517. The summed E-state index contributed by atoms with van der Waals surface area (Å²) in [6.07, 6.45) is 1.20. The molecule has 0 aliphatic heterocycles. The van der Waals surface area contributed by atoms with Crippen LogP contribution in [-0.4, -0.2) is 14.7 Å². The van der Waals surface area contributed by atoms with E-state index in [1.165, 1.54) is 6.26 Å². The Kier molecular flexibility index (Phi) is 3.87. The molecule has 100 valence electrons. The molecule has 0 fully saturated rings. The molecule has 0 aromatic heterocycles. The normalized spacial score (nSPS) is 11.3. The van der Waals surface area contributed by atoms with Crippen molar-refractivity contribution in [3.63, 3.8) is 0 Å². The number of hydrogen-bond acceptors (Lipinski definition) is 4. The van der Waals surface area contributed by atoms with Crippen LogP contribution in [0.1, 0.15) is 5.56 Å². The number of rotatable bonds is 4. The zero-order valence-electron chi connectivity index (χ0n) is 10.6. The summed E-state index contributed by atoms with van der Waals surface area (Å²) >= 11 is 0. The van der Waals surface area contributed by atoms with Gasteiger partial charge in [0.2, 0.25) is 0 Å². The Morgan fingerprint density at radius 2 is 1.42 bits per heavy atom. The Morgan fingerprint density at radius 3 is 1.84 bits per heavy atom. The molecule has 4 nitrogen and oxygen atoms in total. The number of anilines is 2. The lowest BCUT2D eigenvalue weighted by Gasteiger charge is -2.07. The number of benzene rings is 2. The molecule has 0 bridgehead atoms. The molecule has 0 saturated heterocycles. The lowest BCUT2D eigenvalue weighted by atomic mass is 10.2.